The van der Waals surface area contributed by atoms with Gasteiger partial charge in [0, 0.05) is 56.9 Å². The molecule has 0 unspecified atom stereocenters. The Balaban J connectivity index is 1.06. The number of esters is 1. The summed E-state index contributed by atoms with van der Waals surface area (Å²) >= 11 is 5.68. The molecule has 68 heavy (non-hydrogen) atoms. The van der Waals surface area contributed by atoms with Crippen molar-refractivity contribution in [3.63, 3.8) is 0 Å². The lowest BCUT2D eigenvalue weighted by Gasteiger charge is -2.44. The summed E-state index contributed by atoms with van der Waals surface area (Å²) in [5.41, 5.74) is 5.27. The van der Waals surface area contributed by atoms with Crippen molar-refractivity contribution in [3.8, 4) is 0 Å². The van der Waals surface area contributed by atoms with Gasteiger partial charge in [0.2, 0.25) is 12.2 Å². The molecule has 0 amide bonds. The Labute approximate surface area is 404 Å². The number of aliphatic hydroxyl groups excluding tert-OH is 1. The topological polar surface area (TPSA) is 183 Å². The summed E-state index contributed by atoms with van der Waals surface area (Å²) in [5.74, 6) is -1.92. The second-order valence-corrected chi connectivity index (χ2v) is 19.1. The molecule has 5 aliphatic rings. The van der Waals surface area contributed by atoms with E-state index in [0.29, 0.717) is 62.4 Å². The maximum atomic E-state index is 13.5. The summed E-state index contributed by atoms with van der Waals surface area (Å²) in [7, 11) is 3.19. The lowest BCUT2D eigenvalue weighted by atomic mass is 9.79. The molecule has 2 aromatic heterocycles. The largest absolute Gasteiger partial charge is 0.458 e. The highest BCUT2D eigenvalue weighted by Gasteiger charge is 2.45. The van der Waals surface area contributed by atoms with Gasteiger partial charge in [0.15, 0.2) is 11.7 Å². The molecular formula is C52H69ClN2O13. The smallest absolute Gasteiger partial charge is 0.330 e. The molecule has 0 radical (unpaired) electrons. The summed E-state index contributed by atoms with van der Waals surface area (Å²) in [6, 6.07) is 0. The molecule has 5 aliphatic heterocycles. The van der Waals surface area contributed by atoms with Crippen LogP contribution in [0.4, 0.5) is 0 Å². The van der Waals surface area contributed by atoms with Crippen molar-refractivity contribution in [2.24, 2.45) is 11.8 Å². The number of fused-ring (bicyclic) bond motifs is 9. The number of aromatic nitrogens is 2. The van der Waals surface area contributed by atoms with Gasteiger partial charge >= 0.3 is 5.97 Å². The van der Waals surface area contributed by atoms with Crippen LogP contribution in [0.1, 0.15) is 115 Å². The summed E-state index contributed by atoms with van der Waals surface area (Å²) in [6.45, 7) is 12.7. The first-order valence-electron chi connectivity index (χ1n) is 23.8. The molecule has 372 valence electrons. The lowest BCUT2D eigenvalue weighted by Crippen LogP contribution is -2.51. The Bertz CT molecular complexity index is 2180. The first kappa shape index (κ1) is 51.8. The minimum atomic E-state index is -1.73. The Morgan fingerprint density at radius 3 is 2.62 bits per heavy atom. The third-order valence-corrected chi connectivity index (χ3v) is 13.6. The van der Waals surface area contributed by atoms with E-state index < -0.39 is 48.6 Å². The van der Waals surface area contributed by atoms with Crippen LogP contribution in [-0.4, -0.2) is 114 Å². The van der Waals surface area contributed by atoms with E-state index in [2.05, 4.69) is 11.6 Å². The molecule has 0 aromatic carbocycles. The monoisotopic (exact) mass is 964 g/mol. The Kier molecular flexibility index (Phi) is 18.5. The van der Waals surface area contributed by atoms with Gasteiger partial charge in [-0.05, 0) is 70.1 Å². The number of allylic oxidation sites excluding steroid dienone is 2. The SMILES string of the molecule is C=C1C[C@@H]2C[C@@H]3CCO[C@@H](O3)c3coc(n3)/C=C\C[C@H]3O[C@@H](/C(C)=C/c4coc(C[C@]5(O)C[C@H](OC)C[C@H]([C@H](O)/C=C(C)/C=C/[C@@H](C/C=C/Cl)OC)O5)n4)[C@H](C)[C@@H](OC(=O)/C=C\C[C@@H](C1)O2)[C@H]3C. The van der Waals surface area contributed by atoms with Gasteiger partial charge in [-0.15, -0.1) is 0 Å². The highest BCUT2D eigenvalue weighted by Crippen LogP contribution is 2.39. The quantitative estimate of drug-likeness (QED) is 0.117. The Hall–Kier alpha value is -4.00. The van der Waals surface area contributed by atoms with E-state index in [9.17, 15) is 15.0 Å². The van der Waals surface area contributed by atoms with E-state index in [1.807, 2.05) is 58.1 Å². The maximum Gasteiger partial charge on any atom is 0.330 e. The standard InChI is InChI=1S/C52H69ClN2O13/c1-31(16-17-37(59-6)12-10-19-53)23-43(56)45-26-41(60-7)27-52(58,68-45)28-47-54-36(29-62-47)24-33(3)49-35(5)50-34(4)44(66-49)13-9-14-46-55-42(30-63-46)51-61-20-18-39(65-51)25-40-22-32(2)21-38(64-40)11-8-15-48(57)67-50/h8-10,14-17,19,23-24,29-30,34-35,37-41,43-45,49-51,56,58H,2,11-13,18,20-22,25-28H2,1,3-7H3/b14-9-,15-8-,17-16+,19-10+,31-23+,33-24+/t34-,35-,37+,38-,39-,40+,41+,43+,44+,45+,49-,50-,51-,52-/m0/s1. The first-order chi connectivity index (χ1) is 32.7. The summed E-state index contributed by atoms with van der Waals surface area (Å²) in [5, 5.41) is 23.0. The molecule has 7 heterocycles. The predicted octanol–water partition coefficient (Wildman–Crippen LogP) is 8.82. The fourth-order valence-electron chi connectivity index (χ4n) is 9.90. The number of methoxy groups -OCH3 is 2. The molecule has 0 saturated carbocycles. The number of hydrogen-bond acceptors (Lipinski definition) is 15. The molecule has 7 rings (SSSR count). The van der Waals surface area contributed by atoms with Crippen LogP contribution >= 0.6 is 11.6 Å². The minimum Gasteiger partial charge on any atom is -0.458 e. The van der Waals surface area contributed by atoms with Crippen molar-refractivity contribution < 1.29 is 61.7 Å². The predicted molar refractivity (Wildman–Crippen MR) is 254 cm³/mol. The summed E-state index contributed by atoms with van der Waals surface area (Å²) in [4.78, 5) is 22.9. The fraction of sp³-hybridized carbons (Fsp3) is 0.596. The van der Waals surface area contributed by atoms with Crippen LogP contribution in [-0.2, 0) is 49.1 Å². The molecule has 2 N–H and O–H groups in total. The molecule has 8 bridgehead atoms. The second kappa shape index (κ2) is 24.2. The highest BCUT2D eigenvalue weighted by molar-refractivity contribution is 6.25. The van der Waals surface area contributed by atoms with E-state index in [0.717, 1.165) is 29.6 Å². The number of aliphatic hydroxyl groups is 2. The van der Waals surface area contributed by atoms with Gasteiger partial charge in [-0.2, -0.15) is 0 Å². The lowest BCUT2D eigenvalue weighted by molar-refractivity contribution is -0.286. The minimum absolute atomic E-state index is 0.0613. The van der Waals surface area contributed by atoms with Crippen molar-refractivity contribution >= 4 is 29.7 Å². The normalized spacial score (nSPS) is 35.4. The molecule has 14 atom stereocenters. The van der Waals surface area contributed by atoms with Crippen LogP contribution in [0, 0.1) is 11.8 Å². The zero-order chi connectivity index (χ0) is 48.4. The molecule has 4 fully saturated rings. The number of carbonyl (C=O) groups is 1. The van der Waals surface area contributed by atoms with Gasteiger partial charge in [0.25, 0.3) is 0 Å². The van der Waals surface area contributed by atoms with Crippen molar-refractivity contribution in [3.05, 3.63) is 107 Å². The van der Waals surface area contributed by atoms with Crippen LogP contribution < -0.4 is 0 Å². The van der Waals surface area contributed by atoms with Crippen molar-refractivity contribution in [2.75, 3.05) is 20.8 Å². The van der Waals surface area contributed by atoms with E-state index in [-0.39, 0.29) is 61.1 Å². The zero-order valence-corrected chi connectivity index (χ0v) is 40.8. The number of ether oxygens (including phenoxy) is 8. The van der Waals surface area contributed by atoms with Crippen molar-refractivity contribution in [1.29, 1.82) is 0 Å². The molecule has 0 spiro atoms. The Morgan fingerprint density at radius 1 is 1.01 bits per heavy atom. The van der Waals surface area contributed by atoms with Crippen LogP contribution in [0.3, 0.4) is 0 Å². The van der Waals surface area contributed by atoms with Crippen molar-refractivity contribution in [2.45, 2.75) is 165 Å². The van der Waals surface area contributed by atoms with Gasteiger partial charge in [-0.1, -0.05) is 79.6 Å². The molecule has 2 aromatic rings. The molecule has 0 aliphatic carbocycles. The first-order valence-corrected chi connectivity index (χ1v) is 24.3. The highest BCUT2D eigenvalue weighted by atomic mass is 35.5. The van der Waals surface area contributed by atoms with Crippen molar-refractivity contribution in [1.82, 2.24) is 9.97 Å². The number of nitrogens with zero attached hydrogens (tertiary/aromatic N) is 2. The van der Waals surface area contributed by atoms with Gasteiger partial charge in [0.05, 0.1) is 68.0 Å². The molecule has 16 heteroatoms. The number of halogens is 1. The number of oxazole rings is 2. The van der Waals surface area contributed by atoms with Gasteiger partial charge in [-0.25, -0.2) is 14.8 Å². The van der Waals surface area contributed by atoms with E-state index >= 15 is 0 Å². The van der Waals surface area contributed by atoms with Gasteiger partial charge in [0.1, 0.15) is 30.0 Å². The third-order valence-electron chi connectivity index (χ3n) is 13.4. The van der Waals surface area contributed by atoms with Gasteiger partial charge in [-0.3, -0.25) is 0 Å². The van der Waals surface area contributed by atoms with Crippen LogP contribution in [0.2, 0.25) is 0 Å². The van der Waals surface area contributed by atoms with E-state index in [1.165, 1.54) is 17.9 Å². The number of rotatable bonds is 12. The molecule has 4 saturated heterocycles. The van der Waals surface area contributed by atoms with E-state index in [4.69, 9.17) is 63.3 Å². The fourth-order valence-corrected chi connectivity index (χ4v) is 10.0. The third kappa shape index (κ3) is 14.1. The zero-order valence-electron chi connectivity index (χ0n) is 40.1. The Morgan fingerprint density at radius 2 is 1.82 bits per heavy atom. The number of hydrogen-bond donors (Lipinski definition) is 2. The van der Waals surface area contributed by atoms with Crippen LogP contribution in [0.5, 0.6) is 0 Å². The summed E-state index contributed by atoms with van der Waals surface area (Å²) in [6.07, 6.45) is 19.7. The molecular weight excluding hydrogens is 896 g/mol. The average molecular weight is 966 g/mol. The van der Waals surface area contributed by atoms with Gasteiger partial charge < -0.3 is 56.9 Å². The number of carbonyl (C=O) groups excluding carboxylic acids is 1. The maximum absolute atomic E-state index is 13.5. The molecule has 15 nitrogen and oxygen atoms in total. The van der Waals surface area contributed by atoms with Crippen LogP contribution in [0.15, 0.2) is 92.7 Å². The summed E-state index contributed by atoms with van der Waals surface area (Å²) < 4.78 is 61.0. The average Bonchev–Trinajstić information content (AvgIpc) is 3.97. The van der Waals surface area contributed by atoms with Crippen LogP contribution in [0.25, 0.3) is 12.2 Å². The van der Waals surface area contributed by atoms with E-state index in [1.54, 1.807) is 38.7 Å². The second-order valence-electron chi connectivity index (χ2n) is 18.9.